The maximum Gasteiger partial charge on any atom is 0.191 e. The van der Waals surface area contributed by atoms with Gasteiger partial charge in [-0.3, -0.25) is 4.99 Å². The Hall–Kier alpha value is -0.0800. The summed E-state index contributed by atoms with van der Waals surface area (Å²) in [7, 11) is 5.99. The van der Waals surface area contributed by atoms with Crippen molar-refractivity contribution >= 4 is 29.9 Å². The van der Waals surface area contributed by atoms with E-state index < -0.39 is 0 Å². The normalized spacial score (nSPS) is 17.0. The van der Waals surface area contributed by atoms with Crippen LogP contribution < -0.4 is 10.6 Å². The van der Waals surface area contributed by atoms with Gasteiger partial charge in [-0.2, -0.15) is 0 Å². The summed E-state index contributed by atoms with van der Waals surface area (Å²) in [6.07, 6.45) is 3.80. The summed E-state index contributed by atoms with van der Waals surface area (Å²) in [5, 5.41) is 6.72. The lowest BCUT2D eigenvalue weighted by atomic mass is 10.2. The first-order chi connectivity index (χ1) is 8.65. The molecule has 1 unspecified atom stereocenters. The summed E-state index contributed by atoms with van der Waals surface area (Å²) in [5.41, 5.74) is 0. The van der Waals surface area contributed by atoms with E-state index in [0.29, 0.717) is 6.04 Å². The lowest BCUT2D eigenvalue weighted by Crippen LogP contribution is -2.43. The third-order valence-electron chi connectivity index (χ3n) is 2.94. The fourth-order valence-electron chi connectivity index (χ4n) is 1.71. The third-order valence-corrected chi connectivity index (χ3v) is 2.94. The van der Waals surface area contributed by atoms with Crippen LogP contribution in [-0.2, 0) is 4.74 Å². The third kappa shape index (κ3) is 9.45. The van der Waals surface area contributed by atoms with Gasteiger partial charge < -0.3 is 20.3 Å². The highest BCUT2D eigenvalue weighted by Gasteiger charge is 2.22. The van der Waals surface area contributed by atoms with Gasteiger partial charge in [-0.25, -0.2) is 0 Å². The molecule has 0 aromatic heterocycles. The SMILES string of the molecule is CCOC(CCN(C)C)CNC(=NC)NC1CC1.I. The van der Waals surface area contributed by atoms with Gasteiger partial charge in [-0.05, 0) is 40.3 Å². The topological polar surface area (TPSA) is 48.9 Å². The van der Waals surface area contributed by atoms with Gasteiger partial charge in [0, 0.05) is 32.8 Å². The van der Waals surface area contributed by atoms with Crippen molar-refractivity contribution in [2.45, 2.75) is 38.3 Å². The molecular weight excluding hydrogens is 355 g/mol. The Morgan fingerprint density at radius 2 is 2.11 bits per heavy atom. The molecule has 1 atom stereocenters. The molecule has 0 aliphatic heterocycles. The summed E-state index contributed by atoms with van der Waals surface area (Å²) in [6, 6.07) is 0.628. The van der Waals surface area contributed by atoms with Crippen LogP contribution in [0.2, 0.25) is 0 Å². The average molecular weight is 384 g/mol. The van der Waals surface area contributed by atoms with Crippen LogP contribution in [0.4, 0.5) is 0 Å². The summed E-state index contributed by atoms with van der Waals surface area (Å²) in [5.74, 6) is 0.895. The second kappa shape index (κ2) is 10.7. The molecule has 114 valence electrons. The van der Waals surface area contributed by atoms with Gasteiger partial charge in [0.2, 0.25) is 0 Å². The Morgan fingerprint density at radius 3 is 2.58 bits per heavy atom. The van der Waals surface area contributed by atoms with E-state index in [1.165, 1.54) is 12.8 Å². The molecule has 0 aromatic carbocycles. The molecule has 1 aliphatic carbocycles. The molecule has 0 spiro atoms. The first kappa shape index (κ1) is 18.9. The Morgan fingerprint density at radius 1 is 1.42 bits per heavy atom. The minimum absolute atomic E-state index is 0. The van der Waals surface area contributed by atoms with Crippen LogP contribution >= 0.6 is 24.0 Å². The number of hydrogen-bond acceptors (Lipinski definition) is 3. The van der Waals surface area contributed by atoms with E-state index >= 15 is 0 Å². The fourth-order valence-corrected chi connectivity index (χ4v) is 1.71. The molecule has 0 bridgehead atoms. The lowest BCUT2D eigenvalue weighted by molar-refractivity contribution is 0.0548. The molecule has 6 heteroatoms. The van der Waals surface area contributed by atoms with Gasteiger partial charge in [-0.15, -0.1) is 24.0 Å². The van der Waals surface area contributed by atoms with Gasteiger partial charge >= 0.3 is 0 Å². The van der Waals surface area contributed by atoms with Crippen LogP contribution in [0.3, 0.4) is 0 Å². The highest BCUT2D eigenvalue weighted by Crippen LogP contribution is 2.18. The average Bonchev–Trinajstić information content (AvgIpc) is 3.14. The second-order valence-electron chi connectivity index (χ2n) is 5.04. The van der Waals surface area contributed by atoms with Crippen molar-refractivity contribution in [2.75, 3.05) is 40.8 Å². The minimum atomic E-state index is 0. The van der Waals surface area contributed by atoms with E-state index in [4.69, 9.17) is 4.74 Å². The summed E-state index contributed by atoms with van der Waals surface area (Å²) < 4.78 is 5.74. The molecule has 1 fully saturated rings. The molecule has 0 saturated heterocycles. The van der Waals surface area contributed by atoms with Crippen LogP contribution in [0.15, 0.2) is 4.99 Å². The maximum absolute atomic E-state index is 5.74. The molecule has 19 heavy (non-hydrogen) atoms. The van der Waals surface area contributed by atoms with Crippen molar-refractivity contribution in [2.24, 2.45) is 4.99 Å². The van der Waals surface area contributed by atoms with Crippen LogP contribution in [0.1, 0.15) is 26.2 Å². The number of nitrogens with zero attached hydrogens (tertiary/aromatic N) is 2. The minimum Gasteiger partial charge on any atom is -0.377 e. The molecule has 0 amide bonds. The monoisotopic (exact) mass is 384 g/mol. The quantitative estimate of drug-likeness (QED) is 0.376. The zero-order chi connectivity index (χ0) is 13.4. The Kier molecular flexibility index (Phi) is 10.6. The van der Waals surface area contributed by atoms with Crippen molar-refractivity contribution < 1.29 is 4.74 Å². The van der Waals surface area contributed by atoms with E-state index in [0.717, 1.165) is 32.1 Å². The van der Waals surface area contributed by atoms with E-state index in [2.05, 4.69) is 34.6 Å². The van der Waals surface area contributed by atoms with Crippen LogP contribution in [0.25, 0.3) is 0 Å². The zero-order valence-corrected chi connectivity index (χ0v) is 14.9. The molecule has 1 saturated carbocycles. The lowest BCUT2D eigenvalue weighted by Gasteiger charge is -2.21. The van der Waals surface area contributed by atoms with Gasteiger partial charge in [0.15, 0.2) is 5.96 Å². The summed E-state index contributed by atoms with van der Waals surface area (Å²) in [4.78, 5) is 6.41. The first-order valence-corrected chi connectivity index (χ1v) is 6.89. The number of nitrogens with one attached hydrogen (secondary N) is 2. The van der Waals surface area contributed by atoms with Gasteiger partial charge in [0.05, 0.1) is 6.10 Å². The standard InChI is InChI=1S/C13H28N4O.HI/c1-5-18-12(8-9-17(3)4)10-15-13(14-2)16-11-6-7-11;/h11-12H,5-10H2,1-4H3,(H2,14,15,16);1H. The summed E-state index contributed by atoms with van der Waals surface area (Å²) in [6.45, 7) is 4.66. The number of hydrogen-bond donors (Lipinski definition) is 2. The molecule has 0 radical (unpaired) electrons. The van der Waals surface area contributed by atoms with Crippen molar-refractivity contribution in [1.29, 1.82) is 0 Å². The first-order valence-electron chi connectivity index (χ1n) is 6.89. The molecular formula is C13H29IN4O. The molecule has 1 rings (SSSR count). The van der Waals surface area contributed by atoms with Crippen LogP contribution in [0, 0.1) is 0 Å². The maximum atomic E-state index is 5.74. The van der Waals surface area contributed by atoms with Crippen LogP contribution in [0.5, 0.6) is 0 Å². The van der Waals surface area contributed by atoms with E-state index in [-0.39, 0.29) is 30.1 Å². The smallest absolute Gasteiger partial charge is 0.191 e. The van der Waals surface area contributed by atoms with Gasteiger partial charge in [-0.1, -0.05) is 0 Å². The Bertz CT molecular complexity index is 257. The highest BCUT2D eigenvalue weighted by molar-refractivity contribution is 14.0. The van der Waals surface area contributed by atoms with Gasteiger partial charge in [0.1, 0.15) is 0 Å². The number of rotatable bonds is 8. The van der Waals surface area contributed by atoms with Crippen molar-refractivity contribution in [3.63, 3.8) is 0 Å². The highest BCUT2D eigenvalue weighted by atomic mass is 127. The van der Waals surface area contributed by atoms with Crippen molar-refractivity contribution in [3.05, 3.63) is 0 Å². The number of ether oxygens (including phenoxy) is 1. The van der Waals surface area contributed by atoms with E-state index in [9.17, 15) is 0 Å². The Balaban J connectivity index is 0.00000324. The molecule has 0 aromatic rings. The van der Waals surface area contributed by atoms with Crippen LogP contribution in [-0.4, -0.2) is 63.8 Å². The predicted octanol–water partition coefficient (Wildman–Crippen LogP) is 1.29. The molecule has 2 N–H and O–H groups in total. The molecule has 0 heterocycles. The Labute approximate surface area is 134 Å². The molecule has 1 aliphatic rings. The predicted molar refractivity (Wildman–Crippen MR) is 91.5 cm³/mol. The van der Waals surface area contributed by atoms with Crippen molar-refractivity contribution in [3.8, 4) is 0 Å². The van der Waals surface area contributed by atoms with E-state index in [1.807, 2.05) is 14.0 Å². The number of halogens is 1. The van der Waals surface area contributed by atoms with E-state index in [1.54, 1.807) is 0 Å². The summed E-state index contributed by atoms with van der Waals surface area (Å²) >= 11 is 0. The number of guanidine groups is 1. The number of aliphatic imine (C=N–C) groups is 1. The largest absolute Gasteiger partial charge is 0.377 e. The zero-order valence-electron chi connectivity index (χ0n) is 12.6. The van der Waals surface area contributed by atoms with Gasteiger partial charge in [0.25, 0.3) is 0 Å². The second-order valence-corrected chi connectivity index (χ2v) is 5.04. The van der Waals surface area contributed by atoms with Crippen molar-refractivity contribution in [1.82, 2.24) is 15.5 Å². The fraction of sp³-hybridized carbons (Fsp3) is 0.923. The molecule has 5 nitrogen and oxygen atoms in total.